The fourth-order valence-electron chi connectivity index (χ4n) is 4.56. The number of fused-ring (bicyclic) bond motifs is 1. The number of benzene rings is 3. The van der Waals surface area contributed by atoms with Crippen molar-refractivity contribution in [3.63, 3.8) is 0 Å². The van der Waals surface area contributed by atoms with Gasteiger partial charge in [-0.15, -0.1) is 0 Å². The lowest BCUT2D eigenvalue weighted by Crippen LogP contribution is -2.20. The smallest absolute Gasteiger partial charge is 0.367 e. The third-order valence-corrected chi connectivity index (χ3v) is 6.91. The molecule has 7 heteroatoms. The van der Waals surface area contributed by atoms with E-state index in [1.165, 1.54) is 6.07 Å². The normalized spacial score (nSPS) is 12.6. The lowest BCUT2D eigenvalue weighted by atomic mass is 9.96. The Labute approximate surface area is 222 Å². The molecule has 1 unspecified atom stereocenters. The molecule has 0 saturated heterocycles. The number of rotatable bonds is 9. The maximum Gasteiger partial charge on any atom is 0.416 e. The highest BCUT2D eigenvalue weighted by Crippen LogP contribution is 2.37. The van der Waals surface area contributed by atoms with Crippen molar-refractivity contribution >= 4 is 16.7 Å². The molecule has 200 valence electrons. The van der Waals surface area contributed by atoms with Crippen molar-refractivity contribution in [2.75, 3.05) is 18.4 Å². The summed E-state index contributed by atoms with van der Waals surface area (Å²) in [4.78, 5) is 9.54. The van der Waals surface area contributed by atoms with Crippen LogP contribution in [0.5, 0.6) is 0 Å². The Hall–Kier alpha value is -3.45. The number of halogens is 3. The van der Waals surface area contributed by atoms with Crippen LogP contribution in [-0.2, 0) is 6.18 Å². The van der Waals surface area contributed by atoms with Crippen molar-refractivity contribution in [2.24, 2.45) is 0 Å². The van der Waals surface area contributed by atoms with Crippen molar-refractivity contribution in [1.82, 2.24) is 15.3 Å². The van der Waals surface area contributed by atoms with Gasteiger partial charge in [-0.05, 0) is 106 Å². The number of hydrogen-bond donors (Lipinski definition) is 2. The van der Waals surface area contributed by atoms with Crippen LogP contribution in [0.25, 0.3) is 33.4 Å². The van der Waals surface area contributed by atoms with Gasteiger partial charge in [0.2, 0.25) is 0 Å². The van der Waals surface area contributed by atoms with E-state index in [0.717, 1.165) is 65.2 Å². The Kier molecular flexibility index (Phi) is 8.36. The fraction of sp³-hybridized carbons (Fsp3) is 0.355. The standard InChI is InChI=1S/C31H35F3N4/c1-6-35-14-8-10-22(5)36-30-27-11-7-9-20(3)28(27)37-29(38-30)25-16-24(17-26(18-25)31(32,33)34)23-13-12-19(2)21(4)15-23/h7,9,11-13,15-18,22,35H,6,8,10,14H2,1-5H3,(H,36,37,38). The lowest BCUT2D eigenvalue weighted by molar-refractivity contribution is -0.137. The quantitative estimate of drug-likeness (QED) is 0.219. The van der Waals surface area contributed by atoms with Crippen LogP contribution in [0.4, 0.5) is 19.0 Å². The van der Waals surface area contributed by atoms with Gasteiger partial charge in [-0.3, -0.25) is 0 Å². The Morgan fingerprint density at radius 2 is 1.61 bits per heavy atom. The van der Waals surface area contributed by atoms with Gasteiger partial charge in [0.15, 0.2) is 5.82 Å². The van der Waals surface area contributed by atoms with Crippen molar-refractivity contribution in [3.8, 4) is 22.5 Å². The molecule has 0 fully saturated rings. The molecule has 0 amide bonds. The summed E-state index contributed by atoms with van der Waals surface area (Å²) in [5.41, 5.74) is 4.60. The highest BCUT2D eigenvalue weighted by Gasteiger charge is 2.32. The van der Waals surface area contributed by atoms with Gasteiger partial charge in [-0.1, -0.05) is 37.3 Å². The predicted octanol–water partition coefficient (Wildman–Crippen LogP) is 8.10. The molecule has 1 atom stereocenters. The van der Waals surface area contributed by atoms with Crippen molar-refractivity contribution in [3.05, 3.63) is 76.9 Å². The number of aryl methyl sites for hydroxylation is 3. The van der Waals surface area contributed by atoms with Crippen LogP contribution in [0, 0.1) is 20.8 Å². The molecular weight excluding hydrogens is 485 g/mol. The van der Waals surface area contributed by atoms with Gasteiger partial charge in [0.05, 0.1) is 11.1 Å². The van der Waals surface area contributed by atoms with E-state index in [1.54, 1.807) is 6.07 Å². The van der Waals surface area contributed by atoms with E-state index in [4.69, 9.17) is 9.97 Å². The van der Waals surface area contributed by atoms with Gasteiger partial charge in [0.1, 0.15) is 5.82 Å². The number of hydrogen-bond acceptors (Lipinski definition) is 4. The number of para-hydroxylation sites is 1. The van der Waals surface area contributed by atoms with Crippen LogP contribution in [-0.4, -0.2) is 29.1 Å². The second kappa shape index (κ2) is 11.5. The molecule has 0 aliphatic heterocycles. The molecule has 0 radical (unpaired) electrons. The first kappa shape index (κ1) is 27.6. The van der Waals surface area contributed by atoms with Crippen LogP contribution >= 0.6 is 0 Å². The SMILES string of the molecule is CCNCCCC(C)Nc1nc(-c2cc(-c3ccc(C)c(C)c3)cc(C(F)(F)F)c2)nc2c(C)cccc12. The van der Waals surface area contributed by atoms with Crippen LogP contribution in [0.2, 0.25) is 0 Å². The van der Waals surface area contributed by atoms with Gasteiger partial charge in [0.25, 0.3) is 0 Å². The molecular formula is C31H35F3N4. The van der Waals surface area contributed by atoms with E-state index >= 15 is 0 Å². The highest BCUT2D eigenvalue weighted by atomic mass is 19.4. The first-order valence-corrected chi connectivity index (χ1v) is 13.1. The van der Waals surface area contributed by atoms with Gasteiger partial charge >= 0.3 is 6.18 Å². The minimum Gasteiger partial charge on any atom is -0.367 e. The zero-order valence-corrected chi connectivity index (χ0v) is 22.6. The first-order chi connectivity index (χ1) is 18.1. The Morgan fingerprint density at radius 1 is 0.842 bits per heavy atom. The van der Waals surface area contributed by atoms with Gasteiger partial charge in [0, 0.05) is 17.0 Å². The minimum atomic E-state index is -4.50. The maximum absolute atomic E-state index is 14.0. The predicted molar refractivity (Wildman–Crippen MR) is 150 cm³/mol. The third kappa shape index (κ3) is 6.33. The van der Waals surface area contributed by atoms with Crippen LogP contribution in [0.3, 0.4) is 0 Å². The number of nitrogens with zero attached hydrogens (tertiary/aromatic N) is 2. The van der Waals surface area contributed by atoms with Gasteiger partial charge in [-0.25, -0.2) is 9.97 Å². The van der Waals surface area contributed by atoms with E-state index in [2.05, 4.69) is 24.5 Å². The summed E-state index contributed by atoms with van der Waals surface area (Å²) >= 11 is 0. The molecule has 0 saturated carbocycles. The monoisotopic (exact) mass is 520 g/mol. The molecule has 2 N–H and O–H groups in total. The summed E-state index contributed by atoms with van der Waals surface area (Å²) in [5, 5.41) is 7.69. The Bertz CT molecular complexity index is 1430. The third-order valence-electron chi connectivity index (χ3n) is 6.91. The van der Waals surface area contributed by atoms with E-state index < -0.39 is 11.7 Å². The average molecular weight is 521 g/mol. The minimum absolute atomic E-state index is 0.132. The summed E-state index contributed by atoms with van der Waals surface area (Å²) < 4.78 is 42.0. The highest BCUT2D eigenvalue weighted by molar-refractivity contribution is 5.93. The van der Waals surface area contributed by atoms with Crippen molar-refractivity contribution in [1.29, 1.82) is 0 Å². The van der Waals surface area contributed by atoms with E-state index in [9.17, 15) is 13.2 Å². The van der Waals surface area contributed by atoms with Gasteiger partial charge in [-0.2, -0.15) is 13.2 Å². The first-order valence-electron chi connectivity index (χ1n) is 13.1. The molecule has 0 bridgehead atoms. The molecule has 1 heterocycles. The van der Waals surface area contributed by atoms with E-state index in [-0.39, 0.29) is 11.9 Å². The Morgan fingerprint density at radius 3 is 2.32 bits per heavy atom. The molecule has 4 rings (SSSR count). The molecule has 0 spiro atoms. The van der Waals surface area contributed by atoms with Crippen molar-refractivity contribution in [2.45, 2.75) is 59.7 Å². The summed E-state index contributed by atoms with van der Waals surface area (Å²) in [7, 11) is 0. The molecule has 4 nitrogen and oxygen atoms in total. The molecule has 3 aromatic carbocycles. The van der Waals surface area contributed by atoms with E-state index in [1.807, 2.05) is 57.2 Å². The largest absolute Gasteiger partial charge is 0.416 e. The topological polar surface area (TPSA) is 49.8 Å². The Balaban J connectivity index is 1.83. The van der Waals surface area contributed by atoms with Crippen LogP contribution in [0.15, 0.2) is 54.6 Å². The molecule has 1 aromatic heterocycles. The molecule has 38 heavy (non-hydrogen) atoms. The zero-order chi connectivity index (χ0) is 27.4. The number of nitrogens with one attached hydrogen (secondary N) is 2. The van der Waals surface area contributed by atoms with Crippen LogP contribution < -0.4 is 10.6 Å². The van der Waals surface area contributed by atoms with E-state index in [0.29, 0.717) is 16.9 Å². The summed E-state index contributed by atoms with van der Waals surface area (Å²) in [6.07, 6.45) is -2.57. The average Bonchev–Trinajstić information content (AvgIpc) is 2.88. The molecule has 0 aliphatic carbocycles. The summed E-state index contributed by atoms with van der Waals surface area (Å²) in [5.74, 6) is 0.903. The number of anilines is 1. The maximum atomic E-state index is 14.0. The summed E-state index contributed by atoms with van der Waals surface area (Å²) in [6.45, 7) is 11.9. The number of alkyl halides is 3. The lowest BCUT2D eigenvalue weighted by Gasteiger charge is -2.18. The molecule has 4 aromatic rings. The second-order valence-corrected chi connectivity index (χ2v) is 10.0. The fourth-order valence-corrected chi connectivity index (χ4v) is 4.56. The molecule has 0 aliphatic rings. The zero-order valence-electron chi connectivity index (χ0n) is 22.6. The summed E-state index contributed by atoms with van der Waals surface area (Å²) in [6, 6.07) is 15.8. The second-order valence-electron chi connectivity index (χ2n) is 10.0. The number of aromatic nitrogens is 2. The van der Waals surface area contributed by atoms with Crippen LogP contribution in [0.1, 0.15) is 48.9 Å². The van der Waals surface area contributed by atoms with Gasteiger partial charge < -0.3 is 10.6 Å². The van der Waals surface area contributed by atoms with Crippen molar-refractivity contribution < 1.29 is 13.2 Å².